The zero-order valence-corrected chi connectivity index (χ0v) is 33.2. The summed E-state index contributed by atoms with van der Waals surface area (Å²) in [5.74, 6) is 1.62. The number of aliphatic imine (C=N–C) groups is 1. The van der Waals surface area contributed by atoms with E-state index in [0.29, 0.717) is 12.5 Å². The number of pyridine rings is 2. The molecule has 4 nitrogen and oxygen atoms in total. The highest BCUT2D eigenvalue weighted by atomic mass is 28.3. The smallest absolute Gasteiger partial charge is 0.227 e. The van der Waals surface area contributed by atoms with Crippen LogP contribution in [0.1, 0.15) is 116 Å². The molecule has 3 aromatic heterocycles. The summed E-state index contributed by atoms with van der Waals surface area (Å²) in [6.45, 7) is 17.3. The molecule has 2 fully saturated rings. The molecule has 0 spiro atoms. The van der Waals surface area contributed by atoms with E-state index in [9.17, 15) is 0 Å². The third-order valence-electron chi connectivity index (χ3n) is 13.2. The van der Waals surface area contributed by atoms with Crippen LogP contribution in [0.5, 0.6) is 0 Å². The van der Waals surface area contributed by atoms with Crippen LogP contribution in [0, 0.1) is 5.92 Å². The van der Waals surface area contributed by atoms with Gasteiger partial charge in [-0.05, 0) is 79.0 Å². The number of aryl methyl sites for hydroxylation is 1. The summed E-state index contributed by atoms with van der Waals surface area (Å²) in [4.78, 5) is 10.5. The first-order chi connectivity index (χ1) is 25.8. The van der Waals surface area contributed by atoms with Crippen LogP contribution in [0.15, 0.2) is 95.0 Å². The number of allylic oxidation sites excluding steroid dienone is 1. The third-order valence-corrected chi connectivity index (χ3v) is 15.3. The average molecular weight is 719 g/mol. The van der Waals surface area contributed by atoms with Crippen molar-refractivity contribution in [1.82, 2.24) is 4.98 Å². The van der Waals surface area contributed by atoms with E-state index in [0.717, 1.165) is 57.7 Å². The van der Waals surface area contributed by atoms with Gasteiger partial charge in [0.05, 0.1) is 26.2 Å². The van der Waals surface area contributed by atoms with Gasteiger partial charge in [0.1, 0.15) is 5.58 Å². The SMILES string of the molecule is C=CC1=NCC(=C)C2C(CCc3ccc4c(oc5nc(C6CCCCC6)ccc54)c31)c1ccccc1-c1cc(CC3CCCCC3)c([Si](C)(C)C)c[n+]12. The molecule has 0 bridgehead atoms. The van der Waals surface area contributed by atoms with Crippen LogP contribution in [0.4, 0.5) is 0 Å². The number of benzene rings is 2. The van der Waals surface area contributed by atoms with Crippen LogP contribution >= 0.6 is 0 Å². The van der Waals surface area contributed by atoms with Crippen molar-refractivity contribution in [3.8, 4) is 11.3 Å². The van der Waals surface area contributed by atoms with Crippen molar-refractivity contribution in [2.75, 3.05) is 6.54 Å². The highest BCUT2D eigenvalue weighted by Gasteiger charge is 2.43. The Kier molecular flexibility index (Phi) is 9.13. The first-order valence-electron chi connectivity index (χ1n) is 20.7. The fourth-order valence-corrected chi connectivity index (χ4v) is 12.2. The lowest BCUT2D eigenvalue weighted by Gasteiger charge is -2.34. The van der Waals surface area contributed by atoms with Gasteiger partial charge in [-0.3, -0.25) is 4.99 Å². The van der Waals surface area contributed by atoms with Crippen LogP contribution in [0.25, 0.3) is 33.3 Å². The monoisotopic (exact) mass is 718 g/mol. The Morgan fingerprint density at radius 1 is 0.887 bits per heavy atom. The largest absolute Gasteiger partial charge is 0.437 e. The normalized spacial score (nSPS) is 21.4. The Hall–Kier alpha value is -4.09. The molecule has 5 aromatic rings. The molecule has 0 radical (unpaired) electrons. The minimum Gasteiger partial charge on any atom is -0.437 e. The fraction of sp³-hybridized carbons (Fsp3) is 0.438. The number of fused-ring (bicyclic) bond motifs is 11. The molecule has 2 aliphatic carbocycles. The summed E-state index contributed by atoms with van der Waals surface area (Å²) < 4.78 is 9.40. The van der Waals surface area contributed by atoms with E-state index in [1.54, 1.807) is 10.8 Å². The van der Waals surface area contributed by atoms with E-state index in [-0.39, 0.29) is 12.0 Å². The Labute approximate surface area is 317 Å². The van der Waals surface area contributed by atoms with E-state index in [1.807, 2.05) is 6.08 Å². The molecule has 9 rings (SSSR count). The molecule has 272 valence electrons. The number of hydrogen-bond donors (Lipinski definition) is 0. The van der Waals surface area contributed by atoms with E-state index < -0.39 is 8.07 Å². The third kappa shape index (κ3) is 6.27. The number of furan rings is 1. The minimum atomic E-state index is -1.66. The lowest BCUT2D eigenvalue weighted by molar-refractivity contribution is -0.708. The van der Waals surface area contributed by atoms with Gasteiger partial charge in [-0.15, -0.1) is 0 Å². The fourth-order valence-electron chi connectivity index (χ4n) is 10.5. The molecule has 2 aliphatic heterocycles. The predicted molar refractivity (Wildman–Crippen MR) is 224 cm³/mol. The molecule has 0 N–H and O–H groups in total. The second kappa shape index (κ2) is 14.0. The van der Waals surface area contributed by atoms with Gasteiger partial charge in [-0.25, -0.2) is 4.98 Å². The minimum absolute atomic E-state index is 0.132. The zero-order valence-electron chi connectivity index (χ0n) is 32.2. The molecule has 2 unspecified atom stereocenters. The molecule has 5 heterocycles. The number of nitrogens with zero attached hydrogens (tertiary/aromatic N) is 3. The van der Waals surface area contributed by atoms with Gasteiger partial charge < -0.3 is 4.42 Å². The highest BCUT2D eigenvalue weighted by molar-refractivity contribution is 6.89. The second-order valence-electron chi connectivity index (χ2n) is 17.7. The first-order valence-corrected chi connectivity index (χ1v) is 24.2. The highest BCUT2D eigenvalue weighted by Crippen LogP contribution is 2.45. The summed E-state index contributed by atoms with van der Waals surface area (Å²) in [5.41, 5.74) is 13.0. The molecule has 2 aromatic carbocycles. The summed E-state index contributed by atoms with van der Waals surface area (Å²) >= 11 is 0. The summed E-state index contributed by atoms with van der Waals surface area (Å²) in [6.07, 6.45) is 20.9. The Morgan fingerprint density at radius 2 is 1.64 bits per heavy atom. The number of aromatic nitrogens is 2. The Balaban J connectivity index is 1.15. The maximum Gasteiger partial charge on any atom is 0.227 e. The second-order valence-corrected chi connectivity index (χ2v) is 22.7. The molecule has 2 saturated carbocycles. The maximum atomic E-state index is 6.77. The molecule has 4 aliphatic rings. The van der Waals surface area contributed by atoms with Crippen LogP contribution in [-0.4, -0.2) is 25.3 Å². The summed E-state index contributed by atoms with van der Waals surface area (Å²) in [7, 11) is -1.66. The van der Waals surface area contributed by atoms with Gasteiger partial charge in [0, 0.05) is 50.3 Å². The quantitative estimate of drug-likeness (QED) is 0.103. The van der Waals surface area contributed by atoms with Crippen LogP contribution in [0.3, 0.4) is 0 Å². The van der Waals surface area contributed by atoms with E-state index in [2.05, 4.69) is 91.6 Å². The molecular formula is C48H56N3OSi+. The van der Waals surface area contributed by atoms with Crippen molar-refractivity contribution in [2.45, 2.75) is 121 Å². The molecule has 53 heavy (non-hydrogen) atoms. The van der Waals surface area contributed by atoms with Crippen molar-refractivity contribution < 1.29 is 8.98 Å². The van der Waals surface area contributed by atoms with Gasteiger partial charge in [-0.1, -0.05) is 114 Å². The van der Waals surface area contributed by atoms with Crippen LogP contribution in [0.2, 0.25) is 19.6 Å². The van der Waals surface area contributed by atoms with Gasteiger partial charge in [0.15, 0.2) is 12.2 Å². The maximum absolute atomic E-state index is 6.77. The van der Waals surface area contributed by atoms with Crippen molar-refractivity contribution in [3.05, 3.63) is 114 Å². The van der Waals surface area contributed by atoms with Crippen molar-refractivity contribution in [1.29, 1.82) is 0 Å². The zero-order chi connectivity index (χ0) is 36.3. The van der Waals surface area contributed by atoms with Crippen LogP contribution < -0.4 is 9.75 Å². The first kappa shape index (κ1) is 34.7. The van der Waals surface area contributed by atoms with Crippen molar-refractivity contribution in [3.63, 3.8) is 0 Å². The van der Waals surface area contributed by atoms with Crippen LogP contribution in [-0.2, 0) is 12.8 Å². The number of hydrogen-bond acceptors (Lipinski definition) is 3. The van der Waals surface area contributed by atoms with Gasteiger partial charge in [0.2, 0.25) is 11.4 Å². The Morgan fingerprint density at radius 3 is 2.42 bits per heavy atom. The lowest BCUT2D eigenvalue weighted by atomic mass is 9.76. The van der Waals surface area contributed by atoms with E-state index >= 15 is 0 Å². The van der Waals surface area contributed by atoms with Gasteiger partial charge in [-0.2, -0.15) is 4.57 Å². The topological polar surface area (TPSA) is 42.3 Å². The van der Waals surface area contributed by atoms with Gasteiger partial charge in [0.25, 0.3) is 0 Å². The number of rotatable bonds is 5. The van der Waals surface area contributed by atoms with Crippen molar-refractivity contribution >= 4 is 41.0 Å². The van der Waals surface area contributed by atoms with E-state index in [1.165, 1.54) is 98.7 Å². The van der Waals surface area contributed by atoms with E-state index in [4.69, 9.17) is 21.0 Å². The van der Waals surface area contributed by atoms with Crippen molar-refractivity contribution in [2.24, 2.45) is 10.9 Å². The Bertz CT molecular complexity index is 2260. The molecule has 0 amide bonds. The average Bonchev–Trinajstić information content (AvgIpc) is 3.55. The molecule has 5 heteroatoms. The predicted octanol–water partition coefficient (Wildman–Crippen LogP) is 11.5. The lowest BCUT2D eigenvalue weighted by Crippen LogP contribution is -2.54. The van der Waals surface area contributed by atoms with Gasteiger partial charge >= 0.3 is 0 Å². The summed E-state index contributed by atoms with van der Waals surface area (Å²) in [6, 6.07) is 21.0. The standard InChI is InChI=1S/C48H56N3OSi/c1-6-41-45-34(22-24-39-40-25-26-42(33-17-11-8-12-18-33)50-48(40)52-47(39)45)21-23-38-36-19-13-14-20-37(36)43-28-35(27-32-15-9-7-10-16-32)44(53(3,4)5)30-51(43)46(38)31(2)29-49-41/h6,13-14,19-20,22,24-26,28,30,32-33,38,46H,1-2,7-12,15-18,21,23,27,29H2,3-5H3/q+1. The molecule has 0 saturated heterocycles. The summed E-state index contributed by atoms with van der Waals surface area (Å²) in [5, 5.41) is 3.81. The molecular weight excluding hydrogens is 663 g/mol. The molecule has 2 atom stereocenters.